The van der Waals surface area contributed by atoms with Crippen molar-refractivity contribution in [1.29, 1.82) is 5.26 Å². The molecule has 2 rings (SSSR count). The highest BCUT2D eigenvalue weighted by Crippen LogP contribution is 2.23. The van der Waals surface area contributed by atoms with Crippen molar-refractivity contribution < 1.29 is 0 Å². The number of rotatable bonds is 4. The molecule has 0 aliphatic heterocycles. The molecule has 2 unspecified atom stereocenters. The van der Waals surface area contributed by atoms with Crippen LogP contribution >= 0.6 is 0 Å². The summed E-state index contributed by atoms with van der Waals surface area (Å²) >= 11 is 0. The molecule has 1 aromatic heterocycles. The summed E-state index contributed by atoms with van der Waals surface area (Å²) in [4.78, 5) is 4.01. The lowest BCUT2D eigenvalue weighted by Crippen LogP contribution is -2.38. The first kappa shape index (κ1) is 12.1. The minimum absolute atomic E-state index is 0.209. The Morgan fingerprint density at radius 1 is 1.29 bits per heavy atom. The van der Waals surface area contributed by atoms with Gasteiger partial charge in [0.1, 0.15) is 0 Å². The number of hydrogen-bond acceptors (Lipinski definition) is 3. The molecular weight excluding hydrogens is 210 g/mol. The molecule has 1 aliphatic rings. The second-order valence-electron chi connectivity index (χ2n) is 4.69. The van der Waals surface area contributed by atoms with Crippen LogP contribution in [-0.2, 0) is 6.42 Å². The van der Waals surface area contributed by atoms with E-state index in [1.54, 1.807) is 0 Å². The molecule has 0 amide bonds. The van der Waals surface area contributed by atoms with E-state index >= 15 is 0 Å². The van der Waals surface area contributed by atoms with Gasteiger partial charge in [-0.05, 0) is 43.5 Å². The quantitative estimate of drug-likeness (QED) is 0.861. The van der Waals surface area contributed by atoms with Gasteiger partial charge in [0.2, 0.25) is 0 Å². The number of nitrogens with zero attached hydrogens (tertiary/aromatic N) is 2. The van der Waals surface area contributed by atoms with Crippen molar-refractivity contribution in [3.05, 3.63) is 30.1 Å². The fourth-order valence-electron chi connectivity index (χ4n) is 2.48. The van der Waals surface area contributed by atoms with Gasteiger partial charge in [-0.15, -0.1) is 0 Å². The van der Waals surface area contributed by atoms with Crippen molar-refractivity contribution in [2.75, 3.05) is 6.54 Å². The maximum Gasteiger partial charge on any atom is 0.0672 e. The van der Waals surface area contributed by atoms with Crippen molar-refractivity contribution in [3.8, 4) is 6.07 Å². The molecule has 1 saturated carbocycles. The normalized spacial score (nSPS) is 24.2. The molecule has 1 fully saturated rings. The highest BCUT2D eigenvalue weighted by Gasteiger charge is 2.23. The Kier molecular flexibility index (Phi) is 4.52. The second-order valence-corrected chi connectivity index (χ2v) is 4.69. The lowest BCUT2D eigenvalue weighted by atomic mass is 9.85. The first-order chi connectivity index (χ1) is 8.40. The molecule has 2 atom stereocenters. The average molecular weight is 229 g/mol. The number of nitrogens with one attached hydrogen (secondary N) is 1. The molecule has 0 radical (unpaired) electrons. The van der Waals surface area contributed by atoms with E-state index in [0.717, 1.165) is 25.8 Å². The summed E-state index contributed by atoms with van der Waals surface area (Å²) in [6.45, 7) is 0.951. The zero-order valence-electron chi connectivity index (χ0n) is 10.1. The van der Waals surface area contributed by atoms with Crippen LogP contribution in [0.15, 0.2) is 24.5 Å². The summed E-state index contributed by atoms with van der Waals surface area (Å²) in [5, 5.41) is 12.6. The lowest BCUT2D eigenvalue weighted by Gasteiger charge is -2.27. The predicted octanol–water partition coefficient (Wildman–Crippen LogP) is 2.30. The molecular formula is C14H19N3. The Hall–Kier alpha value is -1.40. The highest BCUT2D eigenvalue weighted by molar-refractivity contribution is 5.10. The summed E-state index contributed by atoms with van der Waals surface area (Å²) in [5.41, 5.74) is 1.30. The number of nitriles is 1. The van der Waals surface area contributed by atoms with Gasteiger partial charge in [-0.2, -0.15) is 5.26 Å². The maximum absolute atomic E-state index is 9.08. The number of pyridine rings is 1. The van der Waals surface area contributed by atoms with Gasteiger partial charge in [0.25, 0.3) is 0 Å². The van der Waals surface area contributed by atoms with Crippen molar-refractivity contribution >= 4 is 0 Å². The standard InChI is InChI=1S/C14H19N3/c15-11-13-3-1-2-4-14(13)17-10-7-12-5-8-16-9-6-12/h5-6,8-9,13-14,17H,1-4,7,10H2. The van der Waals surface area contributed by atoms with Gasteiger partial charge in [0.05, 0.1) is 12.0 Å². The number of aromatic nitrogens is 1. The largest absolute Gasteiger partial charge is 0.312 e. The van der Waals surface area contributed by atoms with E-state index in [4.69, 9.17) is 5.26 Å². The Balaban J connectivity index is 1.76. The molecule has 1 aromatic rings. The Morgan fingerprint density at radius 3 is 2.82 bits per heavy atom. The molecule has 1 heterocycles. The first-order valence-electron chi connectivity index (χ1n) is 6.42. The van der Waals surface area contributed by atoms with Crippen LogP contribution in [0.5, 0.6) is 0 Å². The Bertz CT molecular complexity index is 369. The fraction of sp³-hybridized carbons (Fsp3) is 0.571. The molecule has 0 bridgehead atoms. The van der Waals surface area contributed by atoms with Gasteiger partial charge in [0, 0.05) is 18.4 Å². The molecule has 17 heavy (non-hydrogen) atoms. The van der Waals surface area contributed by atoms with Gasteiger partial charge in [0.15, 0.2) is 0 Å². The fourth-order valence-corrected chi connectivity index (χ4v) is 2.48. The minimum Gasteiger partial charge on any atom is -0.312 e. The van der Waals surface area contributed by atoms with E-state index in [0.29, 0.717) is 6.04 Å². The van der Waals surface area contributed by atoms with E-state index in [1.807, 2.05) is 24.5 Å². The topological polar surface area (TPSA) is 48.7 Å². The summed E-state index contributed by atoms with van der Waals surface area (Å²) in [7, 11) is 0. The maximum atomic E-state index is 9.08. The summed E-state index contributed by atoms with van der Waals surface area (Å²) < 4.78 is 0. The van der Waals surface area contributed by atoms with Crippen molar-refractivity contribution in [1.82, 2.24) is 10.3 Å². The van der Waals surface area contributed by atoms with E-state index in [2.05, 4.69) is 16.4 Å². The average Bonchev–Trinajstić information content (AvgIpc) is 2.40. The molecule has 1 N–H and O–H groups in total. The molecule has 0 spiro atoms. The predicted molar refractivity (Wildman–Crippen MR) is 67.3 cm³/mol. The van der Waals surface area contributed by atoms with E-state index < -0.39 is 0 Å². The van der Waals surface area contributed by atoms with Crippen molar-refractivity contribution in [2.24, 2.45) is 5.92 Å². The summed E-state index contributed by atoms with van der Waals surface area (Å²) in [6.07, 6.45) is 9.34. The smallest absolute Gasteiger partial charge is 0.0672 e. The molecule has 0 aromatic carbocycles. The van der Waals surface area contributed by atoms with Crippen molar-refractivity contribution in [3.63, 3.8) is 0 Å². The van der Waals surface area contributed by atoms with Crippen LogP contribution in [0, 0.1) is 17.2 Å². The molecule has 3 heteroatoms. The van der Waals surface area contributed by atoms with Crippen LogP contribution in [0.3, 0.4) is 0 Å². The van der Waals surface area contributed by atoms with Crippen LogP contribution in [0.25, 0.3) is 0 Å². The highest BCUT2D eigenvalue weighted by atomic mass is 14.9. The van der Waals surface area contributed by atoms with Crippen LogP contribution in [-0.4, -0.2) is 17.6 Å². The van der Waals surface area contributed by atoms with E-state index in [9.17, 15) is 0 Å². The van der Waals surface area contributed by atoms with Gasteiger partial charge in [-0.1, -0.05) is 12.8 Å². The van der Waals surface area contributed by atoms with Gasteiger partial charge in [-0.25, -0.2) is 0 Å². The van der Waals surface area contributed by atoms with Gasteiger partial charge in [-0.3, -0.25) is 4.98 Å². The molecule has 3 nitrogen and oxygen atoms in total. The van der Waals surface area contributed by atoms with Gasteiger partial charge < -0.3 is 5.32 Å². The summed E-state index contributed by atoms with van der Waals surface area (Å²) in [6, 6.07) is 6.92. The Labute approximate surface area is 103 Å². The number of hydrogen-bond donors (Lipinski definition) is 1. The SMILES string of the molecule is N#CC1CCCCC1NCCc1ccncc1. The zero-order valence-corrected chi connectivity index (χ0v) is 10.1. The lowest BCUT2D eigenvalue weighted by molar-refractivity contribution is 0.314. The summed E-state index contributed by atoms with van der Waals surface area (Å²) in [5.74, 6) is 0.209. The third kappa shape index (κ3) is 3.54. The third-order valence-electron chi connectivity index (χ3n) is 3.50. The van der Waals surface area contributed by atoms with Crippen LogP contribution in [0.4, 0.5) is 0 Å². The zero-order chi connectivity index (χ0) is 11.9. The molecule has 1 aliphatic carbocycles. The second kappa shape index (κ2) is 6.36. The monoisotopic (exact) mass is 229 g/mol. The minimum atomic E-state index is 0.209. The first-order valence-corrected chi connectivity index (χ1v) is 6.42. The van der Waals surface area contributed by atoms with Crippen LogP contribution in [0.1, 0.15) is 31.2 Å². The van der Waals surface area contributed by atoms with Crippen molar-refractivity contribution in [2.45, 2.75) is 38.1 Å². The Morgan fingerprint density at radius 2 is 2.06 bits per heavy atom. The molecule has 90 valence electrons. The van der Waals surface area contributed by atoms with E-state index in [-0.39, 0.29) is 5.92 Å². The van der Waals surface area contributed by atoms with Gasteiger partial charge >= 0.3 is 0 Å². The van der Waals surface area contributed by atoms with Crippen LogP contribution in [0.2, 0.25) is 0 Å². The molecule has 0 saturated heterocycles. The van der Waals surface area contributed by atoms with Crippen LogP contribution < -0.4 is 5.32 Å². The third-order valence-corrected chi connectivity index (χ3v) is 3.50. The van der Waals surface area contributed by atoms with E-state index in [1.165, 1.54) is 18.4 Å².